The van der Waals surface area contributed by atoms with E-state index in [1.165, 1.54) is 51.0 Å². The summed E-state index contributed by atoms with van der Waals surface area (Å²) < 4.78 is 27.5. The lowest BCUT2D eigenvalue weighted by atomic mass is 10.1. The van der Waals surface area contributed by atoms with Crippen molar-refractivity contribution in [3.05, 3.63) is 65.2 Å². The summed E-state index contributed by atoms with van der Waals surface area (Å²) in [4.78, 5) is 12.7. The van der Waals surface area contributed by atoms with Crippen LogP contribution in [0.5, 0.6) is 0 Å². The number of rotatable bonds is 7. The standard InChI is InChI=1S/C21H22N4O3S3/c1-15-6-2-3-7-17(15)14-29-21-24-23-20(30-21)22-19(26)16-8-10-18(11-9-16)31(27,28)25-12-4-5-13-25/h2-3,6-11H,4-5,12-14H2,1H3,(H,22,23,26). The van der Waals surface area contributed by atoms with Gasteiger partial charge in [0.1, 0.15) is 0 Å². The minimum Gasteiger partial charge on any atom is -0.296 e. The zero-order valence-corrected chi connectivity index (χ0v) is 19.4. The molecule has 2 aromatic carbocycles. The molecule has 1 N–H and O–H groups in total. The minimum absolute atomic E-state index is 0.205. The Morgan fingerprint density at radius 2 is 1.81 bits per heavy atom. The number of carbonyl (C=O) groups is 1. The van der Waals surface area contributed by atoms with Gasteiger partial charge in [-0.25, -0.2) is 8.42 Å². The summed E-state index contributed by atoms with van der Waals surface area (Å²) in [5.74, 6) is 0.430. The van der Waals surface area contributed by atoms with Gasteiger partial charge in [-0.05, 0) is 55.2 Å². The van der Waals surface area contributed by atoms with Crippen LogP contribution in [0.2, 0.25) is 0 Å². The van der Waals surface area contributed by atoms with Crippen LogP contribution < -0.4 is 5.32 Å². The third kappa shape index (κ3) is 5.15. The smallest absolute Gasteiger partial charge is 0.257 e. The molecule has 2 heterocycles. The van der Waals surface area contributed by atoms with Crippen molar-refractivity contribution in [2.75, 3.05) is 18.4 Å². The molecule has 31 heavy (non-hydrogen) atoms. The van der Waals surface area contributed by atoms with E-state index in [1.807, 2.05) is 12.1 Å². The van der Waals surface area contributed by atoms with Gasteiger partial charge in [0.05, 0.1) is 4.90 Å². The van der Waals surface area contributed by atoms with E-state index in [2.05, 4.69) is 34.6 Å². The van der Waals surface area contributed by atoms with Crippen molar-refractivity contribution in [1.82, 2.24) is 14.5 Å². The molecule has 1 aliphatic heterocycles. The number of anilines is 1. The number of sulfonamides is 1. The van der Waals surface area contributed by atoms with E-state index in [0.29, 0.717) is 23.8 Å². The minimum atomic E-state index is -3.49. The molecule has 0 unspecified atom stereocenters. The van der Waals surface area contributed by atoms with E-state index < -0.39 is 10.0 Å². The maximum absolute atomic E-state index is 12.6. The first-order valence-corrected chi connectivity index (χ1v) is 13.1. The fraction of sp³-hybridized carbons (Fsp3) is 0.286. The number of aromatic nitrogens is 2. The van der Waals surface area contributed by atoms with E-state index in [-0.39, 0.29) is 10.8 Å². The number of thioether (sulfide) groups is 1. The molecule has 1 amide bonds. The third-order valence-corrected chi connectivity index (χ3v) is 8.99. The summed E-state index contributed by atoms with van der Waals surface area (Å²) in [6.07, 6.45) is 1.76. The molecule has 1 saturated heterocycles. The lowest BCUT2D eigenvalue weighted by Crippen LogP contribution is -2.27. The Bertz CT molecular complexity index is 1170. The Labute approximate surface area is 189 Å². The SMILES string of the molecule is Cc1ccccc1CSc1nnc(NC(=O)c2ccc(S(=O)(=O)N3CCCC3)cc2)s1. The molecule has 10 heteroatoms. The summed E-state index contributed by atoms with van der Waals surface area (Å²) in [6, 6.07) is 14.2. The van der Waals surface area contributed by atoms with E-state index in [0.717, 1.165) is 22.9 Å². The number of benzene rings is 2. The zero-order chi connectivity index (χ0) is 21.8. The molecular formula is C21H22N4O3S3. The molecule has 0 saturated carbocycles. The number of aryl methyl sites for hydroxylation is 1. The molecule has 0 spiro atoms. The molecule has 162 valence electrons. The van der Waals surface area contributed by atoms with Crippen LogP contribution in [0, 0.1) is 6.92 Å². The van der Waals surface area contributed by atoms with Gasteiger partial charge in [0.15, 0.2) is 4.34 Å². The highest BCUT2D eigenvalue weighted by molar-refractivity contribution is 8.00. The zero-order valence-electron chi connectivity index (χ0n) is 16.9. The summed E-state index contributed by atoms with van der Waals surface area (Å²) in [7, 11) is -3.49. The van der Waals surface area contributed by atoms with Gasteiger partial charge in [0.2, 0.25) is 15.2 Å². The van der Waals surface area contributed by atoms with Gasteiger partial charge in [-0.2, -0.15) is 4.31 Å². The molecule has 0 atom stereocenters. The highest BCUT2D eigenvalue weighted by atomic mass is 32.2. The Kier molecular flexibility index (Phi) is 6.71. The van der Waals surface area contributed by atoms with Crippen molar-refractivity contribution in [1.29, 1.82) is 0 Å². The van der Waals surface area contributed by atoms with Crippen LogP contribution in [0.1, 0.15) is 34.3 Å². The van der Waals surface area contributed by atoms with E-state index in [1.54, 1.807) is 11.8 Å². The van der Waals surface area contributed by atoms with Crippen LogP contribution in [0.25, 0.3) is 0 Å². The molecule has 0 radical (unpaired) electrons. The van der Waals surface area contributed by atoms with Crippen LogP contribution in [-0.2, 0) is 15.8 Å². The maximum atomic E-state index is 12.6. The second-order valence-corrected chi connectivity index (χ2v) is 11.3. The van der Waals surface area contributed by atoms with Crippen molar-refractivity contribution < 1.29 is 13.2 Å². The quantitative estimate of drug-likeness (QED) is 0.408. The van der Waals surface area contributed by atoms with Crippen molar-refractivity contribution in [3.8, 4) is 0 Å². The fourth-order valence-electron chi connectivity index (χ4n) is 3.26. The van der Waals surface area contributed by atoms with Gasteiger partial charge in [0.25, 0.3) is 5.91 Å². The summed E-state index contributed by atoms with van der Waals surface area (Å²) in [5, 5.41) is 11.3. The molecule has 1 aliphatic rings. The van der Waals surface area contributed by atoms with Crippen LogP contribution in [0.15, 0.2) is 57.8 Å². The predicted octanol–water partition coefficient (Wildman–Crippen LogP) is 4.18. The normalized spacial score (nSPS) is 14.6. The highest BCUT2D eigenvalue weighted by Gasteiger charge is 2.27. The van der Waals surface area contributed by atoms with E-state index >= 15 is 0 Å². The van der Waals surface area contributed by atoms with E-state index in [4.69, 9.17) is 0 Å². The molecule has 1 aromatic heterocycles. The van der Waals surface area contributed by atoms with E-state index in [9.17, 15) is 13.2 Å². The maximum Gasteiger partial charge on any atom is 0.257 e. The van der Waals surface area contributed by atoms with Gasteiger partial charge in [-0.15, -0.1) is 10.2 Å². The fourth-order valence-corrected chi connectivity index (χ4v) is 6.60. The lowest BCUT2D eigenvalue weighted by Gasteiger charge is -2.15. The largest absolute Gasteiger partial charge is 0.296 e. The third-order valence-electron chi connectivity index (χ3n) is 5.06. The number of nitrogens with zero attached hydrogens (tertiary/aromatic N) is 3. The molecule has 3 aromatic rings. The van der Waals surface area contributed by atoms with Gasteiger partial charge < -0.3 is 0 Å². The lowest BCUT2D eigenvalue weighted by molar-refractivity contribution is 0.102. The van der Waals surface area contributed by atoms with Crippen LogP contribution in [0.4, 0.5) is 5.13 Å². The molecule has 0 bridgehead atoms. The Morgan fingerprint density at radius 3 is 2.52 bits per heavy atom. The number of amides is 1. The number of hydrogen-bond acceptors (Lipinski definition) is 7. The number of nitrogens with one attached hydrogen (secondary N) is 1. The van der Waals surface area contributed by atoms with Crippen LogP contribution >= 0.6 is 23.1 Å². The topological polar surface area (TPSA) is 92.3 Å². The van der Waals surface area contributed by atoms with Crippen LogP contribution in [-0.4, -0.2) is 41.9 Å². The Morgan fingerprint density at radius 1 is 1.10 bits per heavy atom. The van der Waals surface area contributed by atoms with Crippen molar-refractivity contribution in [3.63, 3.8) is 0 Å². The number of hydrogen-bond donors (Lipinski definition) is 1. The Balaban J connectivity index is 1.37. The first kappa shape index (κ1) is 21.9. The average Bonchev–Trinajstić information content (AvgIpc) is 3.46. The number of carbonyl (C=O) groups excluding carboxylic acids is 1. The molecule has 1 fully saturated rings. The van der Waals surface area contributed by atoms with Crippen LogP contribution in [0.3, 0.4) is 0 Å². The first-order chi connectivity index (χ1) is 14.9. The second-order valence-electron chi connectivity index (χ2n) is 7.18. The second kappa shape index (κ2) is 9.47. The summed E-state index contributed by atoms with van der Waals surface area (Å²) >= 11 is 2.88. The molecule has 0 aliphatic carbocycles. The molecule has 4 rings (SSSR count). The van der Waals surface area contributed by atoms with Gasteiger partial charge >= 0.3 is 0 Å². The summed E-state index contributed by atoms with van der Waals surface area (Å²) in [6.45, 7) is 3.17. The predicted molar refractivity (Wildman–Crippen MR) is 123 cm³/mol. The van der Waals surface area contributed by atoms with Gasteiger partial charge in [0, 0.05) is 24.4 Å². The highest BCUT2D eigenvalue weighted by Crippen LogP contribution is 2.29. The average molecular weight is 475 g/mol. The summed E-state index contributed by atoms with van der Waals surface area (Å²) in [5.41, 5.74) is 2.82. The molecular weight excluding hydrogens is 452 g/mol. The molecule has 7 nitrogen and oxygen atoms in total. The monoisotopic (exact) mass is 474 g/mol. The first-order valence-electron chi connectivity index (χ1n) is 9.86. The van der Waals surface area contributed by atoms with Crippen molar-refractivity contribution in [2.45, 2.75) is 34.8 Å². The van der Waals surface area contributed by atoms with Crippen molar-refractivity contribution >= 4 is 44.2 Å². The Hall–Kier alpha value is -2.27. The van der Waals surface area contributed by atoms with Gasteiger partial charge in [-0.1, -0.05) is 47.4 Å². The van der Waals surface area contributed by atoms with Gasteiger partial charge in [-0.3, -0.25) is 10.1 Å². The van der Waals surface area contributed by atoms with Crippen molar-refractivity contribution in [2.24, 2.45) is 0 Å².